The lowest BCUT2D eigenvalue weighted by molar-refractivity contribution is -0.117. The lowest BCUT2D eigenvalue weighted by Crippen LogP contribution is -2.53. The molecule has 0 aromatic heterocycles. The molecule has 3 atom stereocenters. The number of anilines is 1. The molecule has 5 heteroatoms. The van der Waals surface area contributed by atoms with E-state index in [2.05, 4.69) is 12.2 Å². The molecule has 4 rings (SSSR count). The van der Waals surface area contributed by atoms with Crippen molar-refractivity contribution in [2.75, 3.05) is 4.90 Å². The molecule has 28 heavy (non-hydrogen) atoms. The highest BCUT2D eigenvalue weighted by molar-refractivity contribution is 5.94. The second-order valence-electron chi connectivity index (χ2n) is 7.82. The Morgan fingerprint density at radius 1 is 1.07 bits per heavy atom. The number of carbonyl (C=O) groups excluding carboxylic acids is 2. The van der Waals surface area contributed by atoms with E-state index in [1.807, 2.05) is 59.5 Å². The molecular formula is C23H26N2O3. The monoisotopic (exact) mass is 378 g/mol. The van der Waals surface area contributed by atoms with E-state index in [1.54, 1.807) is 6.92 Å². The summed E-state index contributed by atoms with van der Waals surface area (Å²) < 4.78 is 5.45. The molecule has 1 N–H and O–H groups in total. The van der Waals surface area contributed by atoms with Gasteiger partial charge in [0.2, 0.25) is 5.91 Å². The largest absolute Gasteiger partial charge is 0.445 e. The van der Waals surface area contributed by atoms with E-state index in [-0.39, 0.29) is 30.5 Å². The maximum Gasteiger partial charge on any atom is 0.407 e. The fourth-order valence-corrected chi connectivity index (χ4v) is 4.40. The van der Waals surface area contributed by atoms with Crippen LogP contribution in [0.3, 0.4) is 0 Å². The molecular weight excluding hydrogens is 352 g/mol. The number of ether oxygens (including phenoxy) is 1. The quantitative estimate of drug-likeness (QED) is 0.856. The molecule has 0 unspecified atom stereocenters. The normalized spacial score (nSPS) is 23.6. The van der Waals surface area contributed by atoms with Crippen molar-refractivity contribution in [3.05, 3.63) is 65.7 Å². The van der Waals surface area contributed by atoms with Gasteiger partial charge in [-0.25, -0.2) is 4.79 Å². The van der Waals surface area contributed by atoms with Gasteiger partial charge in [-0.15, -0.1) is 0 Å². The lowest BCUT2D eigenvalue weighted by atomic mass is 9.80. The Balaban J connectivity index is 1.56. The van der Waals surface area contributed by atoms with Crippen LogP contribution in [0.15, 0.2) is 54.6 Å². The second-order valence-corrected chi connectivity index (χ2v) is 7.82. The lowest BCUT2D eigenvalue weighted by Gasteiger charge is -2.45. The molecule has 0 spiro atoms. The zero-order valence-electron chi connectivity index (χ0n) is 16.3. The molecule has 5 nitrogen and oxygen atoms in total. The van der Waals surface area contributed by atoms with Gasteiger partial charge in [-0.3, -0.25) is 4.79 Å². The summed E-state index contributed by atoms with van der Waals surface area (Å²) >= 11 is 0. The zero-order valence-corrected chi connectivity index (χ0v) is 16.3. The van der Waals surface area contributed by atoms with Crippen molar-refractivity contribution in [3.8, 4) is 0 Å². The summed E-state index contributed by atoms with van der Waals surface area (Å²) in [7, 11) is 0. The van der Waals surface area contributed by atoms with Crippen LogP contribution < -0.4 is 10.2 Å². The highest BCUT2D eigenvalue weighted by atomic mass is 16.5. The number of hydrogen-bond acceptors (Lipinski definition) is 3. The third-order valence-corrected chi connectivity index (χ3v) is 5.82. The van der Waals surface area contributed by atoms with Crippen LogP contribution in [0.1, 0.15) is 43.9 Å². The van der Waals surface area contributed by atoms with E-state index in [0.29, 0.717) is 5.92 Å². The predicted molar refractivity (Wildman–Crippen MR) is 108 cm³/mol. The first-order chi connectivity index (χ1) is 13.6. The van der Waals surface area contributed by atoms with Gasteiger partial charge in [0.25, 0.3) is 0 Å². The number of hydrogen-bond donors (Lipinski definition) is 1. The summed E-state index contributed by atoms with van der Waals surface area (Å²) in [6.07, 6.45) is 1.83. The summed E-state index contributed by atoms with van der Waals surface area (Å²) in [6, 6.07) is 17.4. The van der Waals surface area contributed by atoms with Gasteiger partial charge in [-0.2, -0.15) is 0 Å². The second kappa shape index (κ2) is 7.66. The maximum atomic E-state index is 12.5. The molecule has 1 aliphatic heterocycles. The molecule has 0 radical (unpaired) electrons. The molecule has 2 aromatic carbocycles. The number of amides is 2. The van der Waals surface area contributed by atoms with Crippen molar-refractivity contribution in [2.45, 2.75) is 45.4 Å². The Kier molecular flexibility index (Phi) is 5.07. The van der Waals surface area contributed by atoms with Gasteiger partial charge in [-0.05, 0) is 36.0 Å². The highest BCUT2D eigenvalue weighted by Crippen LogP contribution is 2.49. The van der Waals surface area contributed by atoms with Crippen LogP contribution >= 0.6 is 0 Å². The van der Waals surface area contributed by atoms with E-state index >= 15 is 0 Å². The highest BCUT2D eigenvalue weighted by Gasteiger charge is 2.47. The number of nitrogens with one attached hydrogen (secondary N) is 1. The van der Waals surface area contributed by atoms with Crippen LogP contribution in [-0.2, 0) is 16.1 Å². The Morgan fingerprint density at radius 2 is 1.75 bits per heavy atom. The van der Waals surface area contributed by atoms with Crippen molar-refractivity contribution in [1.29, 1.82) is 0 Å². The average Bonchev–Trinajstić information content (AvgIpc) is 3.53. The summed E-state index contributed by atoms with van der Waals surface area (Å²) in [4.78, 5) is 26.9. The summed E-state index contributed by atoms with van der Waals surface area (Å²) in [5.74, 6) is 0.661. The van der Waals surface area contributed by atoms with E-state index in [1.165, 1.54) is 0 Å². The minimum atomic E-state index is -0.429. The Hall–Kier alpha value is -2.82. The summed E-state index contributed by atoms with van der Waals surface area (Å²) in [5.41, 5.74) is 2.82. The molecule has 1 saturated carbocycles. The van der Waals surface area contributed by atoms with E-state index in [0.717, 1.165) is 29.7 Å². The SMILES string of the molecule is CC(=O)N1c2ccccc2[C@H](NC(=O)OCc2ccccc2)[C@H](C)[C@@H]1C1CC1. The van der Waals surface area contributed by atoms with Crippen molar-refractivity contribution >= 4 is 17.7 Å². The molecule has 1 fully saturated rings. The van der Waals surface area contributed by atoms with E-state index in [9.17, 15) is 9.59 Å². The molecule has 146 valence electrons. The van der Waals surface area contributed by atoms with E-state index < -0.39 is 6.09 Å². The number of benzene rings is 2. The molecule has 1 heterocycles. The molecule has 2 aliphatic rings. The number of fused-ring (bicyclic) bond motifs is 1. The minimum Gasteiger partial charge on any atom is -0.445 e. The van der Waals surface area contributed by atoms with Gasteiger partial charge in [-0.1, -0.05) is 55.5 Å². The number of alkyl carbamates (subject to hydrolysis) is 1. The van der Waals surface area contributed by atoms with Gasteiger partial charge in [0.05, 0.1) is 6.04 Å². The van der Waals surface area contributed by atoms with Crippen LogP contribution in [-0.4, -0.2) is 18.0 Å². The Labute approximate surface area is 165 Å². The summed E-state index contributed by atoms with van der Waals surface area (Å²) in [5, 5.41) is 3.07. The first kappa shape index (κ1) is 18.5. The standard InChI is InChI=1S/C23H26N2O3/c1-15-21(24-23(27)28-14-17-8-4-3-5-9-17)19-10-6-7-11-20(19)25(16(2)26)22(15)18-12-13-18/h3-11,15,18,21-22H,12-14H2,1-2H3,(H,24,27)/t15-,21+,22+/m0/s1. The summed E-state index contributed by atoms with van der Waals surface area (Å²) in [6.45, 7) is 3.98. The van der Waals surface area contributed by atoms with Crippen LogP contribution in [0, 0.1) is 11.8 Å². The van der Waals surface area contributed by atoms with Crippen molar-refractivity contribution < 1.29 is 14.3 Å². The van der Waals surface area contributed by atoms with Crippen LogP contribution in [0.2, 0.25) is 0 Å². The fraction of sp³-hybridized carbons (Fsp3) is 0.391. The maximum absolute atomic E-state index is 12.5. The molecule has 2 aromatic rings. The first-order valence-corrected chi connectivity index (χ1v) is 9.92. The molecule has 0 bridgehead atoms. The minimum absolute atomic E-state index is 0.0568. The molecule has 2 amide bonds. The zero-order chi connectivity index (χ0) is 19.7. The molecule has 0 saturated heterocycles. The number of carbonyl (C=O) groups is 2. The smallest absolute Gasteiger partial charge is 0.407 e. The number of para-hydroxylation sites is 1. The van der Waals surface area contributed by atoms with Crippen LogP contribution in [0.25, 0.3) is 0 Å². The first-order valence-electron chi connectivity index (χ1n) is 9.92. The third-order valence-electron chi connectivity index (χ3n) is 5.82. The van der Waals surface area contributed by atoms with Gasteiger partial charge >= 0.3 is 6.09 Å². The van der Waals surface area contributed by atoms with Crippen molar-refractivity contribution in [3.63, 3.8) is 0 Å². The fourth-order valence-electron chi connectivity index (χ4n) is 4.40. The predicted octanol–water partition coefficient (Wildman–Crippen LogP) is 4.44. The van der Waals surface area contributed by atoms with Gasteiger partial charge < -0.3 is 15.0 Å². The van der Waals surface area contributed by atoms with Crippen molar-refractivity contribution in [2.24, 2.45) is 11.8 Å². The molecule has 1 aliphatic carbocycles. The van der Waals surface area contributed by atoms with E-state index in [4.69, 9.17) is 4.74 Å². The number of nitrogens with zero attached hydrogens (tertiary/aromatic N) is 1. The van der Waals surface area contributed by atoms with Gasteiger partial charge in [0.15, 0.2) is 0 Å². The van der Waals surface area contributed by atoms with Gasteiger partial charge in [0.1, 0.15) is 6.61 Å². The number of rotatable bonds is 4. The topological polar surface area (TPSA) is 58.6 Å². The average molecular weight is 378 g/mol. The third kappa shape index (κ3) is 3.61. The van der Waals surface area contributed by atoms with Crippen molar-refractivity contribution in [1.82, 2.24) is 5.32 Å². The van der Waals surface area contributed by atoms with Crippen LogP contribution in [0.5, 0.6) is 0 Å². The van der Waals surface area contributed by atoms with Crippen LogP contribution in [0.4, 0.5) is 10.5 Å². The Bertz CT molecular complexity index is 863. The van der Waals surface area contributed by atoms with Gasteiger partial charge in [0, 0.05) is 24.6 Å². The Morgan fingerprint density at radius 3 is 2.43 bits per heavy atom.